The second kappa shape index (κ2) is 9.49. The van der Waals surface area contributed by atoms with Crippen LogP contribution in [-0.4, -0.2) is 57.0 Å². The molecule has 0 bridgehead atoms. The fraction of sp³-hybridized carbons (Fsp3) is 0.174. The lowest BCUT2D eigenvalue weighted by atomic mass is 10.1. The molecule has 7 nitrogen and oxygen atoms in total. The average molecular weight is 436 g/mol. The van der Waals surface area contributed by atoms with Gasteiger partial charge in [0.25, 0.3) is 5.91 Å². The number of aromatic nitrogens is 2. The molecule has 0 aliphatic carbocycles. The number of aliphatic hydroxyl groups excluding tert-OH is 1. The molecule has 0 saturated carbocycles. The maximum Gasteiger partial charge on any atom is 0.253 e. The lowest BCUT2D eigenvalue weighted by Crippen LogP contribution is -2.46. The van der Waals surface area contributed by atoms with Crippen molar-refractivity contribution < 1.29 is 9.90 Å². The highest BCUT2D eigenvalue weighted by molar-refractivity contribution is 6.30. The number of hydrogen-bond acceptors (Lipinski definition) is 6. The van der Waals surface area contributed by atoms with Gasteiger partial charge in [-0.1, -0.05) is 23.7 Å². The SMILES string of the molecule is O=C(c1ccc(Nc2nccc(-c3ccc(Cl)cc3)n2)cc1)N1CCN(C=CO)CC1. The van der Waals surface area contributed by atoms with Crippen LogP contribution in [0.2, 0.25) is 5.02 Å². The summed E-state index contributed by atoms with van der Waals surface area (Å²) < 4.78 is 0. The molecule has 3 aromatic rings. The summed E-state index contributed by atoms with van der Waals surface area (Å²) in [7, 11) is 0. The van der Waals surface area contributed by atoms with E-state index in [1.165, 1.54) is 0 Å². The molecule has 2 heterocycles. The Bertz CT molecular complexity index is 1060. The fourth-order valence-electron chi connectivity index (χ4n) is 3.38. The van der Waals surface area contributed by atoms with Crippen LogP contribution in [0.15, 0.2) is 73.3 Å². The molecule has 0 radical (unpaired) electrons. The molecule has 1 amide bonds. The first kappa shape index (κ1) is 20.7. The van der Waals surface area contributed by atoms with Crippen molar-refractivity contribution in [1.29, 1.82) is 0 Å². The largest absolute Gasteiger partial charge is 0.514 e. The van der Waals surface area contributed by atoms with Crippen LogP contribution in [0.4, 0.5) is 11.6 Å². The van der Waals surface area contributed by atoms with E-state index in [9.17, 15) is 4.79 Å². The molecule has 1 aliphatic rings. The van der Waals surface area contributed by atoms with E-state index in [0.717, 1.165) is 23.2 Å². The molecule has 1 aromatic heterocycles. The zero-order valence-electron chi connectivity index (χ0n) is 16.8. The van der Waals surface area contributed by atoms with Crippen LogP contribution in [0, 0.1) is 0 Å². The van der Waals surface area contributed by atoms with E-state index in [0.29, 0.717) is 42.7 Å². The Kier molecular flexibility index (Phi) is 6.33. The highest BCUT2D eigenvalue weighted by atomic mass is 35.5. The highest BCUT2D eigenvalue weighted by Crippen LogP contribution is 2.22. The topological polar surface area (TPSA) is 81.6 Å². The molecule has 8 heteroatoms. The number of halogens is 1. The van der Waals surface area contributed by atoms with Gasteiger partial charge in [-0.3, -0.25) is 4.79 Å². The molecule has 0 unspecified atom stereocenters. The van der Waals surface area contributed by atoms with E-state index >= 15 is 0 Å². The van der Waals surface area contributed by atoms with Crippen molar-refractivity contribution in [2.75, 3.05) is 31.5 Å². The second-order valence-corrected chi connectivity index (χ2v) is 7.54. The van der Waals surface area contributed by atoms with Gasteiger partial charge in [-0.25, -0.2) is 9.97 Å². The summed E-state index contributed by atoms with van der Waals surface area (Å²) in [5.41, 5.74) is 3.16. The first-order valence-electron chi connectivity index (χ1n) is 9.93. The third-order valence-corrected chi connectivity index (χ3v) is 5.31. The minimum atomic E-state index is 0.000152. The normalized spacial score (nSPS) is 14.1. The van der Waals surface area contributed by atoms with Crippen LogP contribution >= 0.6 is 11.6 Å². The van der Waals surface area contributed by atoms with E-state index in [1.54, 1.807) is 24.5 Å². The molecule has 2 aromatic carbocycles. The van der Waals surface area contributed by atoms with Gasteiger partial charge in [0.2, 0.25) is 5.95 Å². The number of benzene rings is 2. The summed E-state index contributed by atoms with van der Waals surface area (Å²) in [6, 6.07) is 16.6. The van der Waals surface area contributed by atoms with Crippen molar-refractivity contribution in [1.82, 2.24) is 19.8 Å². The smallest absolute Gasteiger partial charge is 0.253 e. The minimum absolute atomic E-state index is 0.000152. The monoisotopic (exact) mass is 435 g/mol. The lowest BCUT2D eigenvalue weighted by Gasteiger charge is -2.33. The van der Waals surface area contributed by atoms with Crippen LogP contribution in [0.25, 0.3) is 11.3 Å². The van der Waals surface area contributed by atoms with Gasteiger partial charge in [-0.2, -0.15) is 0 Å². The van der Waals surface area contributed by atoms with Crippen LogP contribution in [-0.2, 0) is 0 Å². The Morgan fingerprint density at radius 1 is 1.00 bits per heavy atom. The maximum absolute atomic E-state index is 12.7. The predicted octanol–water partition coefficient (Wildman–Crippen LogP) is 4.33. The molecule has 1 fully saturated rings. The number of hydrogen-bond donors (Lipinski definition) is 2. The van der Waals surface area contributed by atoms with Crippen molar-refractivity contribution >= 4 is 29.1 Å². The third kappa shape index (κ3) is 5.13. The molecule has 0 spiro atoms. The quantitative estimate of drug-likeness (QED) is 0.580. The number of piperazine rings is 1. The Balaban J connectivity index is 1.40. The molecule has 2 N–H and O–H groups in total. The van der Waals surface area contributed by atoms with Crippen LogP contribution in [0.5, 0.6) is 0 Å². The van der Waals surface area contributed by atoms with E-state index in [-0.39, 0.29) is 5.91 Å². The maximum atomic E-state index is 12.7. The highest BCUT2D eigenvalue weighted by Gasteiger charge is 2.20. The Morgan fingerprint density at radius 2 is 1.71 bits per heavy atom. The van der Waals surface area contributed by atoms with Gasteiger partial charge in [0.1, 0.15) is 0 Å². The molecule has 4 rings (SSSR count). The molecular weight excluding hydrogens is 414 g/mol. The number of nitrogens with one attached hydrogen (secondary N) is 1. The summed E-state index contributed by atoms with van der Waals surface area (Å²) in [4.78, 5) is 25.4. The number of aliphatic hydroxyl groups is 1. The van der Waals surface area contributed by atoms with Crippen LogP contribution in [0.1, 0.15) is 10.4 Å². The first-order valence-corrected chi connectivity index (χ1v) is 10.3. The fourth-order valence-corrected chi connectivity index (χ4v) is 3.50. The average Bonchev–Trinajstić information content (AvgIpc) is 2.81. The van der Waals surface area contributed by atoms with E-state index in [1.807, 2.05) is 52.3 Å². The molecule has 158 valence electrons. The van der Waals surface area contributed by atoms with E-state index < -0.39 is 0 Å². The molecular formula is C23H22ClN5O2. The second-order valence-electron chi connectivity index (χ2n) is 7.10. The Labute approximate surface area is 185 Å². The standard InChI is InChI=1S/C23H22ClN5O2/c24-19-5-1-17(2-6-19)21-9-10-25-23(27-21)26-20-7-3-18(4-8-20)22(31)29-13-11-28(12-14-29)15-16-30/h1-10,15-16,30H,11-14H2,(H,25,26,27). The van der Waals surface area contributed by atoms with Crippen molar-refractivity contribution in [3.63, 3.8) is 0 Å². The van der Waals surface area contributed by atoms with Crippen molar-refractivity contribution in [3.05, 3.63) is 83.8 Å². The van der Waals surface area contributed by atoms with Crippen molar-refractivity contribution in [3.8, 4) is 11.3 Å². The van der Waals surface area contributed by atoms with Crippen molar-refractivity contribution in [2.45, 2.75) is 0 Å². The summed E-state index contributed by atoms with van der Waals surface area (Å²) in [6.45, 7) is 2.64. The van der Waals surface area contributed by atoms with Gasteiger partial charge in [0.15, 0.2) is 0 Å². The minimum Gasteiger partial charge on any atom is -0.514 e. The number of anilines is 2. The van der Waals surface area contributed by atoms with Gasteiger partial charge < -0.3 is 20.2 Å². The van der Waals surface area contributed by atoms with E-state index in [4.69, 9.17) is 16.7 Å². The summed E-state index contributed by atoms with van der Waals surface area (Å²) >= 11 is 5.96. The zero-order valence-corrected chi connectivity index (χ0v) is 17.5. The summed E-state index contributed by atoms with van der Waals surface area (Å²) in [5.74, 6) is 0.472. The van der Waals surface area contributed by atoms with Gasteiger partial charge in [0.05, 0.1) is 12.0 Å². The predicted molar refractivity (Wildman–Crippen MR) is 121 cm³/mol. The number of carbonyl (C=O) groups is 1. The Morgan fingerprint density at radius 3 is 2.39 bits per heavy atom. The number of carbonyl (C=O) groups excluding carboxylic acids is 1. The molecule has 1 aliphatic heterocycles. The number of amides is 1. The first-order chi connectivity index (χ1) is 15.1. The summed E-state index contributed by atoms with van der Waals surface area (Å²) in [5, 5.41) is 12.7. The molecule has 31 heavy (non-hydrogen) atoms. The molecule has 0 atom stereocenters. The molecule has 1 saturated heterocycles. The number of nitrogens with zero attached hydrogens (tertiary/aromatic N) is 4. The third-order valence-electron chi connectivity index (χ3n) is 5.06. The van der Waals surface area contributed by atoms with Gasteiger partial charge in [-0.05, 0) is 42.5 Å². The van der Waals surface area contributed by atoms with Gasteiger partial charge in [-0.15, -0.1) is 0 Å². The zero-order chi connectivity index (χ0) is 21.6. The number of rotatable bonds is 5. The van der Waals surface area contributed by atoms with Crippen LogP contribution in [0.3, 0.4) is 0 Å². The Hall–Kier alpha value is -3.58. The van der Waals surface area contributed by atoms with Gasteiger partial charge in [0, 0.05) is 60.4 Å². The van der Waals surface area contributed by atoms with Crippen molar-refractivity contribution in [2.24, 2.45) is 0 Å². The lowest BCUT2D eigenvalue weighted by molar-refractivity contribution is 0.0678. The van der Waals surface area contributed by atoms with E-state index in [2.05, 4.69) is 15.3 Å². The van der Waals surface area contributed by atoms with Crippen LogP contribution < -0.4 is 5.32 Å². The van der Waals surface area contributed by atoms with Gasteiger partial charge >= 0.3 is 0 Å². The summed E-state index contributed by atoms with van der Waals surface area (Å²) in [6.07, 6.45) is 4.35.